The average molecular weight is 353 g/mol. The zero-order chi connectivity index (χ0) is 17.8. The molecule has 0 aliphatic rings. The third-order valence-electron chi connectivity index (χ3n) is 3.44. The molecule has 0 unspecified atom stereocenters. The standard InChI is InChI=1S/C17H11N3O4S/c1-24-16-6-5-11(8-15(16)20(22)23)14-9-25-17(19-14)12-3-2-4-13(7-12)18-10-21/h2-9H,1H3. The van der Waals surface area contributed by atoms with Gasteiger partial charge in [-0.05, 0) is 24.3 Å². The zero-order valence-corrected chi connectivity index (χ0v) is 13.8. The van der Waals surface area contributed by atoms with Gasteiger partial charge in [-0.3, -0.25) is 10.1 Å². The highest BCUT2D eigenvalue weighted by Gasteiger charge is 2.17. The molecule has 0 bridgehead atoms. The van der Waals surface area contributed by atoms with Crippen molar-refractivity contribution in [1.82, 2.24) is 4.98 Å². The van der Waals surface area contributed by atoms with Gasteiger partial charge in [0.15, 0.2) is 5.75 Å². The normalized spacial score (nSPS) is 10.1. The van der Waals surface area contributed by atoms with Crippen molar-refractivity contribution in [2.24, 2.45) is 4.99 Å². The van der Waals surface area contributed by atoms with E-state index in [0.29, 0.717) is 16.9 Å². The first-order valence-corrected chi connectivity index (χ1v) is 7.97. The molecule has 0 atom stereocenters. The number of nitrogens with zero attached hydrogens (tertiary/aromatic N) is 3. The van der Waals surface area contributed by atoms with Gasteiger partial charge in [0.05, 0.1) is 23.4 Å². The summed E-state index contributed by atoms with van der Waals surface area (Å²) < 4.78 is 5.01. The van der Waals surface area contributed by atoms with Crippen molar-refractivity contribution in [2.45, 2.75) is 0 Å². The lowest BCUT2D eigenvalue weighted by atomic mass is 10.1. The van der Waals surface area contributed by atoms with Crippen LogP contribution in [0.5, 0.6) is 5.75 Å². The first-order chi connectivity index (χ1) is 12.1. The molecular weight excluding hydrogens is 342 g/mol. The monoisotopic (exact) mass is 353 g/mol. The molecule has 3 aromatic rings. The molecule has 7 nitrogen and oxygen atoms in total. The van der Waals surface area contributed by atoms with Gasteiger partial charge in [-0.1, -0.05) is 12.1 Å². The van der Waals surface area contributed by atoms with Gasteiger partial charge in [-0.2, -0.15) is 4.99 Å². The summed E-state index contributed by atoms with van der Waals surface area (Å²) in [5.74, 6) is 0.198. The minimum absolute atomic E-state index is 0.114. The Bertz CT molecular complexity index is 993. The minimum atomic E-state index is -0.490. The molecule has 0 spiro atoms. The van der Waals surface area contributed by atoms with Crippen LogP contribution in [0.25, 0.3) is 21.8 Å². The van der Waals surface area contributed by atoms with E-state index < -0.39 is 4.92 Å². The largest absolute Gasteiger partial charge is 0.490 e. The second-order valence-electron chi connectivity index (χ2n) is 4.94. The lowest BCUT2D eigenvalue weighted by molar-refractivity contribution is -0.385. The summed E-state index contributed by atoms with van der Waals surface area (Å²) in [7, 11) is 1.39. The summed E-state index contributed by atoms with van der Waals surface area (Å²) in [5, 5.41) is 13.7. The van der Waals surface area contributed by atoms with Crippen LogP contribution in [-0.4, -0.2) is 23.1 Å². The van der Waals surface area contributed by atoms with Crippen molar-refractivity contribution in [3.63, 3.8) is 0 Å². The van der Waals surface area contributed by atoms with E-state index in [4.69, 9.17) is 4.74 Å². The Morgan fingerprint density at radius 2 is 2.08 bits per heavy atom. The number of ether oxygens (including phenoxy) is 1. The van der Waals surface area contributed by atoms with Gasteiger partial charge in [-0.25, -0.2) is 9.78 Å². The maximum Gasteiger partial charge on any atom is 0.311 e. The van der Waals surface area contributed by atoms with Gasteiger partial charge in [0.1, 0.15) is 5.01 Å². The summed E-state index contributed by atoms with van der Waals surface area (Å²) in [6.45, 7) is 0. The van der Waals surface area contributed by atoms with E-state index in [-0.39, 0.29) is 11.4 Å². The van der Waals surface area contributed by atoms with Gasteiger partial charge >= 0.3 is 5.69 Å². The van der Waals surface area contributed by atoms with Gasteiger partial charge in [0.2, 0.25) is 6.08 Å². The quantitative estimate of drug-likeness (QED) is 0.294. The Labute approximate surface area is 146 Å². The van der Waals surface area contributed by atoms with Crippen LogP contribution in [0.15, 0.2) is 52.8 Å². The molecule has 0 aliphatic heterocycles. The van der Waals surface area contributed by atoms with Crippen molar-refractivity contribution in [2.75, 3.05) is 7.11 Å². The molecule has 0 saturated carbocycles. The van der Waals surface area contributed by atoms with Crippen molar-refractivity contribution in [1.29, 1.82) is 0 Å². The predicted octanol–water partition coefficient (Wildman–Crippen LogP) is 4.36. The third kappa shape index (κ3) is 3.45. The van der Waals surface area contributed by atoms with Crippen LogP contribution >= 0.6 is 11.3 Å². The number of rotatable bonds is 5. The van der Waals surface area contributed by atoms with Gasteiger partial charge in [0.25, 0.3) is 0 Å². The van der Waals surface area contributed by atoms with Crippen LogP contribution in [-0.2, 0) is 4.79 Å². The minimum Gasteiger partial charge on any atom is -0.490 e. The van der Waals surface area contributed by atoms with Gasteiger partial charge in [-0.15, -0.1) is 11.3 Å². The van der Waals surface area contributed by atoms with Crippen LogP contribution in [0.2, 0.25) is 0 Å². The molecule has 3 rings (SSSR count). The number of thiazole rings is 1. The highest BCUT2D eigenvalue weighted by Crippen LogP contribution is 2.35. The number of aliphatic imine (C=N–C) groups is 1. The van der Waals surface area contributed by atoms with E-state index in [1.807, 2.05) is 11.4 Å². The highest BCUT2D eigenvalue weighted by molar-refractivity contribution is 7.13. The first kappa shape index (κ1) is 16.5. The number of benzene rings is 2. The maximum atomic E-state index is 11.2. The van der Waals surface area contributed by atoms with Crippen LogP contribution < -0.4 is 4.74 Å². The Balaban J connectivity index is 1.99. The number of hydrogen-bond acceptors (Lipinski definition) is 7. The number of methoxy groups -OCH3 is 1. The number of nitro benzene ring substituents is 1. The molecule has 0 fully saturated rings. The van der Waals surface area contributed by atoms with Gasteiger partial charge < -0.3 is 4.74 Å². The lowest BCUT2D eigenvalue weighted by Crippen LogP contribution is -1.94. The molecule has 0 amide bonds. The average Bonchev–Trinajstić information content (AvgIpc) is 3.12. The molecule has 25 heavy (non-hydrogen) atoms. The van der Waals surface area contributed by atoms with E-state index in [1.54, 1.807) is 30.3 Å². The third-order valence-corrected chi connectivity index (χ3v) is 4.33. The molecule has 8 heteroatoms. The zero-order valence-electron chi connectivity index (χ0n) is 13.0. The SMILES string of the molecule is COc1ccc(-c2csc(-c3cccc(N=C=O)c3)n2)cc1[N+](=O)[O-]. The number of aromatic nitrogens is 1. The molecule has 0 N–H and O–H groups in total. The predicted molar refractivity (Wildman–Crippen MR) is 94.0 cm³/mol. The Morgan fingerprint density at radius 3 is 2.80 bits per heavy atom. The van der Waals surface area contributed by atoms with Crippen LogP contribution in [0.1, 0.15) is 0 Å². The van der Waals surface area contributed by atoms with E-state index in [0.717, 1.165) is 10.6 Å². The van der Waals surface area contributed by atoms with Crippen molar-refractivity contribution < 1.29 is 14.5 Å². The molecular formula is C17H11N3O4S. The number of carbonyl (C=O) groups excluding carboxylic acids is 1. The van der Waals surface area contributed by atoms with Crippen LogP contribution in [0.3, 0.4) is 0 Å². The van der Waals surface area contributed by atoms with Crippen molar-refractivity contribution in [3.8, 4) is 27.6 Å². The molecule has 1 heterocycles. The van der Waals surface area contributed by atoms with Crippen molar-refractivity contribution >= 4 is 28.8 Å². The van der Waals surface area contributed by atoms with Crippen LogP contribution in [0, 0.1) is 10.1 Å². The van der Waals surface area contributed by atoms with Gasteiger partial charge in [0, 0.05) is 22.6 Å². The summed E-state index contributed by atoms with van der Waals surface area (Å²) in [6.07, 6.45) is 1.50. The lowest BCUT2D eigenvalue weighted by Gasteiger charge is -2.03. The topological polar surface area (TPSA) is 94.7 Å². The molecule has 0 radical (unpaired) electrons. The van der Waals surface area contributed by atoms with E-state index in [2.05, 4.69) is 9.98 Å². The molecule has 1 aromatic heterocycles. The Morgan fingerprint density at radius 1 is 1.24 bits per heavy atom. The number of nitro groups is 1. The maximum absolute atomic E-state index is 11.2. The van der Waals surface area contributed by atoms with Crippen LogP contribution in [0.4, 0.5) is 11.4 Å². The smallest absolute Gasteiger partial charge is 0.311 e. The fourth-order valence-corrected chi connectivity index (χ4v) is 3.12. The number of isocyanates is 1. The molecule has 0 aliphatic carbocycles. The number of hydrogen-bond donors (Lipinski definition) is 0. The summed E-state index contributed by atoms with van der Waals surface area (Å²) in [5.41, 5.74) is 2.42. The van der Waals surface area contributed by atoms with E-state index in [1.165, 1.54) is 30.6 Å². The Hall–Kier alpha value is -3.35. The fourth-order valence-electron chi connectivity index (χ4n) is 2.29. The summed E-state index contributed by atoms with van der Waals surface area (Å²) in [6, 6.07) is 11.7. The second kappa shape index (κ2) is 7.04. The second-order valence-corrected chi connectivity index (χ2v) is 5.79. The fraction of sp³-hybridized carbons (Fsp3) is 0.0588. The van der Waals surface area contributed by atoms with Crippen molar-refractivity contribution in [3.05, 3.63) is 58.0 Å². The highest BCUT2D eigenvalue weighted by atomic mass is 32.1. The Kier molecular flexibility index (Phi) is 4.65. The molecule has 0 saturated heterocycles. The van der Waals surface area contributed by atoms with E-state index >= 15 is 0 Å². The first-order valence-electron chi connectivity index (χ1n) is 7.09. The molecule has 2 aromatic carbocycles. The summed E-state index contributed by atoms with van der Waals surface area (Å²) >= 11 is 1.40. The van der Waals surface area contributed by atoms with E-state index in [9.17, 15) is 14.9 Å². The summed E-state index contributed by atoms with van der Waals surface area (Å²) in [4.78, 5) is 29.2. The molecule has 124 valence electrons.